The summed E-state index contributed by atoms with van der Waals surface area (Å²) in [7, 11) is 0. The average molecular weight is 268 g/mol. The van der Waals surface area contributed by atoms with E-state index in [9.17, 15) is 4.79 Å². The van der Waals surface area contributed by atoms with Crippen LogP contribution in [0.2, 0.25) is 0 Å². The standard InChI is InChI=1S/C16H16N2O2/c1-2-18-11-13(7-8-16(18)19)17-10-14-9-12-5-3-4-6-15(12)20-14/h3-9,11,17H,2,10H2,1H3. The predicted octanol–water partition coefficient (Wildman–Crippen LogP) is 3.23. The van der Waals surface area contributed by atoms with Crippen molar-refractivity contribution in [2.75, 3.05) is 5.32 Å². The van der Waals surface area contributed by atoms with Crippen molar-refractivity contribution < 1.29 is 4.42 Å². The first-order valence-electron chi connectivity index (χ1n) is 6.68. The Labute approximate surface area is 116 Å². The Balaban J connectivity index is 1.77. The van der Waals surface area contributed by atoms with Gasteiger partial charge in [0.25, 0.3) is 5.56 Å². The van der Waals surface area contributed by atoms with Gasteiger partial charge in [-0.05, 0) is 25.1 Å². The Bertz CT molecular complexity index is 753. The Kier molecular flexibility index (Phi) is 3.29. The van der Waals surface area contributed by atoms with Crippen LogP contribution in [0.5, 0.6) is 0 Å². The van der Waals surface area contributed by atoms with Crippen LogP contribution in [-0.4, -0.2) is 4.57 Å². The zero-order valence-electron chi connectivity index (χ0n) is 11.3. The van der Waals surface area contributed by atoms with Crippen molar-refractivity contribution >= 4 is 16.7 Å². The lowest BCUT2D eigenvalue weighted by Crippen LogP contribution is -2.17. The van der Waals surface area contributed by atoms with Crippen molar-refractivity contribution in [3.63, 3.8) is 0 Å². The lowest BCUT2D eigenvalue weighted by atomic mass is 10.2. The highest BCUT2D eigenvalue weighted by Gasteiger charge is 2.03. The zero-order chi connectivity index (χ0) is 13.9. The third kappa shape index (κ3) is 2.45. The third-order valence-electron chi connectivity index (χ3n) is 3.27. The maximum absolute atomic E-state index is 11.5. The van der Waals surface area contributed by atoms with Gasteiger partial charge < -0.3 is 14.3 Å². The van der Waals surface area contributed by atoms with Crippen molar-refractivity contribution in [2.45, 2.75) is 20.0 Å². The maximum Gasteiger partial charge on any atom is 0.250 e. The fourth-order valence-electron chi connectivity index (χ4n) is 2.20. The molecule has 0 saturated carbocycles. The number of rotatable bonds is 4. The summed E-state index contributed by atoms with van der Waals surface area (Å²) in [5, 5.41) is 4.37. The summed E-state index contributed by atoms with van der Waals surface area (Å²) in [5.41, 5.74) is 1.82. The molecule has 4 nitrogen and oxygen atoms in total. The highest BCUT2D eigenvalue weighted by atomic mass is 16.3. The van der Waals surface area contributed by atoms with Crippen LogP contribution in [0.3, 0.4) is 0 Å². The maximum atomic E-state index is 11.5. The van der Waals surface area contributed by atoms with Gasteiger partial charge >= 0.3 is 0 Å². The van der Waals surface area contributed by atoms with Crippen LogP contribution in [0, 0.1) is 0 Å². The summed E-state index contributed by atoms with van der Waals surface area (Å²) in [6.45, 7) is 3.21. The average Bonchev–Trinajstić information content (AvgIpc) is 2.89. The largest absolute Gasteiger partial charge is 0.459 e. The molecule has 102 valence electrons. The fraction of sp³-hybridized carbons (Fsp3) is 0.188. The van der Waals surface area contributed by atoms with Crippen molar-refractivity contribution in [2.24, 2.45) is 0 Å². The highest BCUT2D eigenvalue weighted by Crippen LogP contribution is 2.19. The normalized spacial score (nSPS) is 10.8. The summed E-state index contributed by atoms with van der Waals surface area (Å²) in [4.78, 5) is 11.5. The highest BCUT2D eigenvalue weighted by molar-refractivity contribution is 5.77. The Morgan fingerprint density at radius 3 is 2.85 bits per heavy atom. The molecule has 0 aliphatic heterocycles. The summed E-state index contributed by atoms with van der Waals surface area (Å²) in [5.74, 6) is 0.875. The molecule has 1 aromatic carbocycles. The monoisotopic (exact) mass is 268 g/mol. The third-order valence-corrected chi connectivity index (χ3v) is 3.27. The van der Waals surface area contributed by atoms with E-state index < -0.39 is 0 Å². The first-order valence-corrected chi connectivity index (χ1v) is 6.68. The van der Waals surface area contributed by atoms with Gasteiger partial charge in [-0.3, -0.25) is 4.79 Å². The van der Waals surface area contributed by atoms with Gasteiger partial charge in [0.2, 0.25) is 0 Å². The summed E-state index contributed by atoms with van der Waals surface area (Å²) < 4.78 is 7.41. The van der Waals surface area contributed by atoms with E-state index in [0.717, 1.165) is 22.4 Å². The fourth-order valence-corrected chi connectivity index (χ4v) is 2.20. The Hall–Kier alpha value is -2.49. The van der Waals surface area contributed by atoms with Crippen LogP contribution >= 0.6 is 0 Å². The first kappa shape index (κ1) is 12.5. The van der Waals surface area contributed by atoms with Gasteiger partial charge in [-0.1, -0.05) is 18.2 Å². The number of hydrogen-bond donors (Lipinski definition) is 1. The molecule has 2 aromatic heterocycles. The van der Waals surface area contributed by atoms with Gasteiger partial charge in [0.15, 0.2) is 0 Å². The van der Waals surface area contributed by atoms with Crippen LogP contribution in [0.1, 0.15) is 12.7 Å². The van der Waals surface area contributed by atoms with E-state index >= 15 is 0 Å². The van der Waals surface area contributed by atoms with E-state index in [1.165, 1.54) is 0 Å². The second kappa shape index (κ2) is 5.25. The van der Waals surface area contributed by atoms with Crippen LogP contribution in [0.4, 0.5) is 5.69 Å². The smallest absolute Gasteiger partial charge is 0.250 e. The second-order valence-electron chi connectivity index (χ2n) is 4.65. The summed E-state index contributed by atoms with van der Waals surface area (Å²) in [6, 6.07) is 13.3. The van der Waals surface area contributed by atoms with Crippen molar-refractivity contribution in [1.29, 1.82) is 0 Å². The minimum absolute atomic E-state index is 0.0155. The molecule has 3 rings (SSSR count). The van der Waals surface area contributed by atoms with Gasteiger partial charge in [0.1, 0.15) is 11.3 Å². The Morgan fingerprint density at radius 1 is 1.20 bits per heavy atom. The number of nitrogens with zero attached hydrogens (tertiary/aromatic N) is 1. The minimum atomic E-state index is 0.0155. The van der Waals surface area contributed by atoms with E-state index in [2.05, 4.69) is 5.32 Å². The molecule has 0 radical (unpaired) electrons. The molecule has 0 unspecified atom stereocenters. The van der Waals surface area contributed by atoms with E-state index in [4.69, 9.17) is 4.42 Å². The zero-order valence-corrected chi connectivity index (χ0v) is 11.3. The molecule has 0 fully saturated rings. The van der Waals surface area contributed by atoms with Crippen LogP contribution in [-0.2, 0) is 13.1 Å². The lowest BCUT2D eigenvalue weighted by Gasteiger charge is -2.07. The van der Waals surface area contributed by atoms with Crippen molar-refractivity contribution in [1.82, 2.24) is 4.57 Å². The van der Waals surface area contributed by atoms with Crippen molar-refractivity contribution in [3.8, 4) is 0 Å². The summed E-state index contributed by atoms with van der Waals surface area (Å²) >= 11 is 0. The second-order valence-corrected chi connectivity index (χ2v) is 4.65. The number of aromatic nitrogens is 1. The van der Waals surface area contributed by atoms with Gasteiger partial charge in [0.05, 0.1) is 12.2 Å². The van der Waals surface area contributed by atoms with Gasteiger partial charge in [0, 0.05) is 24.2 Å². The number of nitrogens with one attached hydrogen (secondary N) is 1. The number of benzene rings is 1. The number of pyridine rings is 1. The SMILES string of the molecule is CCn1cc(NCc2cc3ccccc3o2)ccc1=O. The molecule has 2 heterocycles. The predicted molar refractivity (Wildman–Crippen MR) is 79.9 cm³/mol. The molecule has 20 heavy (non-hydrogen) atoms. The van der Waals surface area contributed by atoms with Gasteiger partial charge in [-0.25, -0.2) is 0 Å². The number of para-hydroxylation sites is 1. The number of aryl methyl sites for hydroxylation is 1. The van der Waals surface area contributed by atoms with Gasteiger partial charge in [-0.2, -0.15) is 0 Å². The molecule has 1 N–H and O–H groups in total. The topological polar surface area (TPSA) is 47.2 Å². The molecule has 0 atom stereocenters. The van der Waals surface area contributed by atoms with E-state index in [1.807, 2.05) is 43.5 Å². The van der Waals surface area contributed by atoms with Crippen molar-refractivity contribution in [3.05, 3.63) is 64.8 Å². The molecular formula is C16H16N2O2. The molecule has 4 heteroatoms. The van der Waals surface area contributed by atoms with Crippen LogP contribution in [0.15, 0.2) is 57.9 Å². The molecule has 0 aliphatic rings. The molecule has 0 bridgehead atoms. The van der Waals surface area contributed by atoms with Gasteiger partial charge in [-0.15, -0.1) is 0 Å². The first-order chi connectivity index (χ1) is 9.76. The number of fused-ring (bicyclic) bond motifs is 1. The minimum Gasteiger partial charge on any atom is -0.459 e. The number of hydrogen-bond acceptors (Lipinski definition) is 3. The molecular weight excluding hydrogens is 252 g/mol. The van der Waals surface area contributed by atoms with E-state index in [-0.39, 0.29) is 5.56 Å². The van der Waals surface area contributed by atoms with E-state index in [0.29, 0.717) is 13.1 Å². The van der Waals surface area contributed by atoms with Crippen LogP contribution < -0.4 is 10.9 Å². The molecule has 0 spiro atoms. The molecule has 0 aliphatic carbocycles. The van der Waals surface area contributed by atoms with E-state index in [1.54, 1.807) is 16.7 Å². The summed E-state index contributed by atoms with van der Waals surface area (Å²) in [6.07, 6.45) is 1.82. The lowest BCUT2D eigenvalue weighted by molar-refractivity contribution is 0.559. The molecule has 0 saturated heterocycles. The number of anilines is 1. The quantitative estimate of drug-likeness (QED) is 0.790. The van der Waals surface area contributed by atoms with Crippen LogP contribution in [0.25, 0.3) is 11.0 Å². The molecule has 3 aromatic rings. The molecule has 0 amide bonds. The number of furan rings is 1. The Morgan fingerprint density at radius 2 is 2.05 bits per heavy atom.